The molecule has 3 heterocycles. The van der Waals surface area contributed by atoms with Gasteiger partial charge in [0.05, 0.1) is 17.8 Å². The Morgan fingerprint density at radius 1 is 1.24 bits per heavy atom. The SMILES string of the molecule is CN(C)c1ccnc(CNc2ccc(C(=O)N3CCNCC3)cn2)c1. The van der Waals surface area contributed by atoms with E-state index in [0.29, 0.717) is 12.1 Å². The number of rotatable bonds is 5. The van der Waals surface area contributed by atoms with E-state index in [-0.39, 0.29) is 5.91 Å². The number of amides is 1. The average molecular weight is 340 g/mol. The van der Waals surface area contributed by atoms with Gasteiger partial charge in [0.25, 0.3) is 5.91 Å². The lowest BCUT2D eigenvalue weighted by Crippen LogP contribution is -2.46. The van der Waals surface area contributed by atoms with Crippen LogP contribution in [0.1, 0.15) is 16.1 Å². The molecule has 0 bridgehead atoms. The molecule has 2 aromatic heterocycles. The molecule has 1 aliphatic rings. The van der Waals surface area contributed by atoms with Crippen molar-refractivity contribution in [1.82, 2.24) is 20.2 Å². The maximum Gasteiger partial charge on any atom is 0.255 e. The summed E-state index contributed by atoms with van der Waals surface area (Å²) in [6.07, 6.45) is 3.44. The Bertz CT molecular complexity index is 710. The van der Waals surface area contributed by atoms with Gasteiger partial charge in [-0.2, -0.15) is 0 Å². The summed E-state index contributed by atoms with van der Waals surface area (Å²) in [6, 6.07) is 7.67. The van der Waals surface area contributed by atoms with Gasteiger partial charge in [0.15, 0.2) is 0 Å². The summed E-state index contributed by atoms with van der Waals surface area (Å²) >= 11 is 0. The van der Waals surface area contributed by atoms with Gasteiger partial charge in [0, 0.05) is 58.4 Å². The van der Waals surface area contributed by atoms with Crippen molar-refractivity contribution < 1.29 is 4.79 Å². The van der Waals surface area contributed by atoms with Crippen LogP contribution in [-0.4, -0.2) is 61.0 Å². The number of hydrogen-bond acceptors (Lipinski definition) is 6. The Kier molecular flexibility index (Phi) is 5.45. The Morgan fingerprint density at radius 2 is 2.04 bits per heavy atom. The first-order valence-electron chi connectivity index (χ1n) is 8.45. The molecule has 0 atom stereocenters. The quantitative estimate of drug-likeness (QED) is 0.852. The van der Waals surface area contributed by atoms with Crippen LogP contribution in [0.5, 0.6) is 0 Å². The van der Waals surface area contributed by atoms with Gasteiger partial charge >= 0.3 is 0 Å². The fourth-order valence-electron chi connectivity index (χ4n) is 2.70. The van der Waals surface area contributed by atoms with E-state index in [9.17, 15) is 4.79 Å². The predicted octanol–water partition coefficient (Wildman–Crippen LogP) is 1.20. The number of anilines is 2. The van der Waals surface area contributed by atoms with Crippen LogP contribution in [0.3, 0.4) is 0 Å². The fraction of sp³-hybridized carbons (Fsp3) is 0.389. The summed E-state index contributed by atoms with van der Waals surface area (Å²) in [5.74, 6) is 0.773. The second-order valence-corrected chi connectivity index (χ2v) is 6.23. The second kappa shape index (κ2) is 7.94. The van der Waals surface area contributed by atoms with Crippen LogP contribution in [0.15, 0.2) is 36.7 Å². The van der Waals surface area contributed by atoms with Crippen molar-refractivity contribution in [3.8, 4) is 0 Å². The molecule has 0 saturated carbocycles. The Labute approximate surface area is 148 Å². The second-order valence-electron chi connectivity index (χ2n) is 6.23. The lowest BCUT2D eigenvalue weighted by molar-refractivity contribution is 0.0735. The lowest BCUT2D eigenvalue weighted by atomic mass is 10.2. The predicted molar refractivity (Wildman–Crippen MR) is 98.9 cm³/mol. The smallest absolute Gasteiger partial charge is 0.255 e. The summed E-state index contributed by atoms with van der Waals surface area (Å²) in [7, 11) is 4.00. The van der Waals surface area contributed by atoms with Gasteiger partial charge in [-0.3, -0.25) is 9.78 Å². The zero-order chi connectivity index (χ0) is 17.6. The first kappa shape index (κ1) is 17.2. The molecule has 0 spiro atoms. The van der Waals surface area contributed by atoms with Gasteiger partial charge in [-0.25, -0.2) is 4.98 Å². The van der Waals surface area contributed by atoms with Crippen LogP contribution >= 0.6 is 0 Å². The highest BCUT2D eigenvalue weighted by atomic mass is 16.2. The molecule has 1 amide bonds. The Balaban J connectivity index is 1.59. The van der Waals surface area contributed by atoms with E-state index in [4.69, 9.17) is 0 Å². The number of piperazine rings is 1. The molecule has 0 aromatic carbocycles. The van der Waals surface area contributed by atoms with Crippen molar-refractivity contribution in [1.29, 1.82) is 0 Å². The van der Waals surface area contributed by atoms with E-state index in [0.717, 1.165) is 43.4 Å². The molecule has 0 radical (unpaired) electrons. The molecule has 7 heteroatoms. The van der Waals surface area contributed by atoms with Gasteiger partial charge in [0.1, 0.15) is 5.82 Å². The number of aromatic nitrogens is 2. The molecule has 0 unspecified atom stereocenters. The minimum Gasteiger partial charge on any atom is -0.378 e. The summed E-state index contributed by atoms with van der Waals surface area (Å²) in [5.41, 5.74) is 2.67. The van der Waals surface area contributed by atoms with Crippen molar-refractivity contribution in [3.63, 3.8) is 0 Å². The summed E-state index contributed by atoms with van der Waals surface area (Å²) in [6.45, 7) is 3.76. The Hall–Kier alpha value is -2.67. The summed E-state index contributed by atoms with van der Waals surface area (Å²) < 4.78 is 0. The molecule has 7 nitrogen and oxygen atoms in total. The molecule has 1 aliphatic heterocycles. The van der Waals surface area contributed by atoms with Gasteiger partial charge < -0.3 is 20.4 Å². The molecule has 2 N–H and O–H groups in total. The highest BCUT2D eigenvalue weighted by molar-refractivity contribution is 5.94. The van der Waals surface area contributed by atoms with Gasteiger partial charge in [-0.05, 0) is 24.3 Å². The van der Waals surface area contributed by atoms with Crippen LogP contribution in [0, 0.1) is 0 Å². The maximum atomic E-state index is 12.4. The summed E-state index contributed by atoms with van der Waals surface area (Å²) in [5, 5.41) is 6.49. The van der Waals surface area contributed by atoms with Crippen molar-refractivity contribution in [3.05, 3.63) is 47.9 Å². The van der Waals surface area contributed by atoms with Crippen LogP contribution in [0.25, 0.3) is 0 Å². The van der Waals surface area contributed by atoms with Crippen molar-refractivity contribution in [2.75, 3.05) is 50.5 Å². The van der Waals surface area contributed by atoms with E-state index in [1.807, 2.05) is 48.2 Å². The van der Waals surface area contributed by atoms with Gasteiger partial charge in [-0.1, -0.05) is 0 Å². The lowest BCUT2D eigenvalue weighted by Gasteiger charge is -2.27. The Morgan fingerprint density at radius 3 is 2.72 bits per heavy atom. The molecule has 1 saturated heterocycles. The first-order chi connectivity index (χ1) is 12.1. The normalized spacial score (nSPS) is 14.2. The van der Waals surface area contributed by atoms with Gasteiger partial charge in [-0.15, -0.1) is 0 Å². The molecule has 132 valence electrons. The standard InChI is InChI=1S/C18H24N6O/c1-23(2)16-5-6-20-15(11-16)13-22-17-4-3-14(12-21-17)18(25)24-9-7-19-8-10-24/h3-6,11-12,19H,7-10,13H2,1-2H3,(H,21,22). The number of nitrogens with zero attached hydrogens (tertiary/aromatic N) is 4. The minimum atomic E-state index is 0.0425. The fourth-order valence-corrected chi connectivity index (χ4v) is 2.70. The molecule has 0 aliphatic carbocycles. The van der Waals surface area contributed by atoms with E-state index in [1.165, 1.54) is 0 Å². The van der Waals surface area contributed by atoms with Crippen molar-refractivity contribution in [2.24, 2.45) is 0 Å². The highest BCUT2D eigenvalue weighted by Gasteiger charge is 2.17. The third-order valence-corrected chi connectivity index (χ3v) is 4.18. The van der Waals surface area contributed by atoms with Crippen LogP contribution in [0.4, 0.5) is 11.5 Å². The molecular formula is C18H24N6O. The van der Waals surface area contributed by atoms with Crippen LogP contribution in [-0.2, 0) is 6.54 Å². The number of hydrogen-bond donors (Lipinski definition) is 2. The average Bonchev–Trinajstić information content (AvgIpc) is 2.67. The number of pyridine rings is 2. The maximum absolute atomic E-state index is 12.4. The molecule has 1 fully saturated rings. The minimum absolute atomic E-state index is 0.0425. The molecule has 25 heavy (non-hydrogen) atoms. The van der Waals surface area contributed by atoms with E-state index < -0.39 is 0 Å². The monoisotopic (exact) mass is 340 g/mol. The van der Waals surface area contributed by atoms with E-state index >= 15 is 0 Å². The highest BCUT2D eigenvalue weighted by Crippen LogP contribution is 2.13. The third-order valence-electron chi connectivity index (χ3n) is 4.18. The van der Waals surface area contributed by atoms with E-state index in [1.54, 1.807) is 12.4 Å². The van der Waals surface area contributed by atoms with Crippen LogP contribution < -0.4 is 15.5 Å². The largest absolute Gasteiger partial charge is 0.378 e. The van der Waals surface area contributed by atoms with E-state index in [2.05, 4.69) is 20.6 Å². The molecular weight excluding hydrogens is 316 g/mol. The van der Waals surface area contributed by atoms with Crippen molar-refractivity contribution in [2.45, 2.75) is 6.54 Å². The number of carbonyl (C=O) groups excluding carboxylic acids is 1. The molecule has 2 aromatic rings. The zero-order valence-electron chi connectivity index (χ0n) is 14.7. The van der Waals surface area contributed by atoms with Gasteiger partial charge in [0.2, 0.25) is 0 Å². The first-order valence-corrected chi connectivity index (χ1v) is 8.45. The summed E-state index contributed by atoms with van der Waals surface area (Å²) in [4.78, 5) is 25.0. The zero-order valence-corrected chi connectivity index (χ0v) is 14.7. The number of carbonyl (C=O) groups is 1. The number of nitrogens with one attached hydrogen (secondary N) is 2. The topological polar surface area (TPSA) is 73.4 Å². The van der Waals surface area contributed by atoms with Crippen LogP contribution in [0.2, 0.25) is 0 Å². The third kappa shape index (κ3) is 4.45. The molecule has 3 rings (SSSR count). The van der Waals surface area contributed by atoms with Crippen molar-refractivity contribution >= 4 is 17.4 Å².